The molecule has 0 bridgehead atoms. The third kappa shape index (κ3) is 5.07. The summed E-state index contributed by atoms with van der Waals surface area (Å²) in [5, 5.41) is 20.4. The van der Waals surface area contributed by atoms with E-state index >= 15 is 0 Å². The summed E-state index contributed by atoms with van der Waals surface area (Å²) in [6.45, 7) is 7.25. The number of anilines is 1. The Kier molecular flexibility index (Phi) is 6.81. The number of benzene rings is 2. The van der Waals surface area contributed by atoms with Crippen molar-refractivity contribution in [3.63, 3.8) is 0 Å². The van der Waals surface area contributed by atoms with Crippen molar-refractivity contribution >= 4 is 27.9 Å². The van der Waals surface area contributed by atoms with E-state index in [1.807, 2.05) is 25.1 Å². The number of thiazole rings is 1. The van der Waals surface area contributed by atoms with Gasteiger partial charge in [-0.15, -0.1) is 11.3 Å². The minimum absolute atomic E-state index is 0.690. The number of rotatable bonds is 7. The predicted octanol–water partition coefficient (Wildman–Crippen LogP) is 5.49. The van der Waals surface area contributed by atoms with Crippen molar-refractivity contribution in [1.82, 2.24) is 14.9 Å². The Hall–Kier alpha value is -3.65. The number of aryl methyl sites for hydroxylation is 2. The summed E-state index contributed by atoms with van der Waals surface area (Å²) in [7, 11) is 0. The second-order valence-electron chi connectivity index (χ2n) is 9.06. The average Bonchev–Trinajstić information content (AvgIpc) is 3.49. The molecule has 5 rings (SSSR count). The zero-order chi connectivity index (χ0) is 24.2. The number of nitriles is 2. The van der Waals surface area contributed by atoms with Gasteiger partial charge in [0.2, 0.25) is 0 Å². The highest BCUT2D eigenvalue weighted by atomic mass is 32.1. The number of piperazine rings is 1. The monoisotopic (exact) mass is 480 g/mol. The van der Waals surface area contributed by atoms with Crippen molar-refractivity contribution in [2.75, 3.05) is 37.6 Å². The van der Waals surface area contributed by atoms with Crippen molar-refractivity contribution < 1.29 is 0 Å². The molecular formula is C28H28N6S. The van der Waals surface area contributed by atoms with Crippen molar-refractivity contribution in [2.45, 2.75) is 26.2 Å². The predicted molar refractivity (Wildman–Crippen MR) is 142 cm³/mol. The van der Waals surface area contributed by atoms with Crippen molar-refractivity contribution in [1.29, 1.82) is 10.5 Å². The first-order valence-corrected chi connectivity index (χ1v) is 12.9. The van der Waals surface area contributed by atoms with Crippen LogP contribution in [0.25, 0.3) is 21.5 Å². The van der Waals surface area contributed by atoms with Crippen LogP contribution in [-0.4, -0.2) is 47.6 Å². The number of aromatic nitrogens is 2. The van der Waals surface area contributed by atoms with Gasteiger partial charge in [-0.25, -0.2) is 4.98 Å². The molecule has 0 aliphatic carbocycles. The molecule has 1 aliphatic heterocycles. The Morgan fingerprint density at radius 2 is 1.80 bits per heavy atom. The van der Waals surface area contributed by atoms with Crippen LogP contribution in [0.5, 0.6) is 0 Å². The Labute approximate surface area is 210 Å². The number of nitrogens with one attached hydrogen (secondary N) is 1. The van der Waals surface area contributed by atoms with Crippen LogP contribution < -0.4 is 4.90 Å². The molecule has 2 aromatic carbocycles. The molecule has 1 N–H and O–H groups in total. The van der Waals surface area contributed by atoms with Gasteiger partial charge < -0.3 is 9.88 Å². The topological polar surface area (TPSA) is 82.7 Å². The summed E-state index contributed by atoms with van der Waals surface area (Å²) in [5.41, 5.74) is 6.26. The van der Waals surface area contributed by atoms with Crippen LogP contribution in [0.1, 0.15) is 34.5 Å². The smallest absolute Gasteiger partial charge is 0.128 e. The number of fused-ring (bicyclic) bond motifs is 1. The third-order valence-electron chi connectivity index (χ3n) is 6.82. The Balaban J connectivity index is 1.08. The van der Waals surface area contributed by atoms with Crippen LogP contribution in [0.2, 0.25) is 0 Å². The van der Waals surface area contributed by atoms with E-state index in [-0.39, 0.29) is 0 Å². The van der Waals surface area contributed by atoms with E-state index in [4.69, 9.17) is 0 Å². The fourth-order valence-electron chi connectivity index (χ4n) is 4.77. The van der Waals surface area contributed by atoms with Gasteiger partial charge in [0.15, 0.2) is 0 Å². The van der Waals surface area contributed by atoms with E-state index in [0.29, 0.717) is 4.88 Å². The zero-order valence-corrected chi connectivity index (χ0v) is 20.7. The second-order valence-corrected chi connectivity index (χ2v) is 10.1. The number of unbranched alkanes of at least 4 members (excludes halogenated alkanes) is 1. The maximum Gasteiger partial charge on any atom is 0.128 e. The minimum atomic E-state index is 0.690. The number of hydrogen-bond donors (Lipinski definition) is 1. The van der Waals surface area contributed by atoms with Crippen LogP contribution in [0.3, 0.4) is 0 Å². The lowest BCUT2D eigenvalue weighted by Crippen LogP contribution is -2.46. The first-order chi connectivity index (χ1) is 17.1. The summed E-state index contributed by atoms with van der Waals surface area (Å²) in [4.78, 5) is 13.6. The maximum atomic E-state index is 9.18. The Morgan fingerprint density at radius 1 is 1.00 bits per heavy atom. The molecule has 1 fully saturated rings. The average molecular weight is 481 g/mol. The fourth-order valence-corrected chi connectivity index (χ4v) is 5.64. The van der Waals surface area contributed by atoms with Gasteiger partial charge in [-0.05, 0) is 80.8 Å². The molecule has 0 amide bonds. The Morgan fingerprint density at radius 3 is 2.51 bits per heavy atom. The lowest BCUT2D eigenvalue weighted by Gasteiger charge is -2.36. The molecule has 0 radical (unpaired) electrons. The molecule has 2 aromatic heterocycles. The van der Waals surface area contributed by atoms with Gasteiger partial charge in [0.25, 0.3) is 0 Å². The van der Waals surface area contributed by atoms with Crippen molar-refractivity contribution in [3.8, 4) is 22.7 Å². The van der Waals surface area contributed by atoms with Gasteiger partial charge in [-0.3, -0.25) is 4.90 Å². The van der Waals surface area contributed by atoms with Crippen molar-refractivity contribution in [2.24, 2.45) is 0 Å². The molecule has 3 heterocycles. The summed E-state index contributed by atoms with van der Waals surface area (Å²) < 4.78 is 0. The lowest BCUT2D eigenvalue weighted by atomic mass is 10.1. The highest BCUT2D eigenvalue weighted by Crippen LogP contribution is 2.29. The second kappa shape index (κ2) is 10.3. The standard InChI is InChI=1S/C28H28N6S/c1-20-27(18-30)35-28(32-20)22-6-8-24(9-7-22)34-14-12-33(13-15-34)11-3-2-4-23-19-31-26-10-5-21(17-29)16-25(23)26/h5-10,16,19,31H,2-4,11-15H2,1H3. The molecule has 0 atom stereocenters. The van der Waals surface area contributed by atoms with E-state index in [1.165, 1.54) is 34.4 Å². The molecule has 1 aliphatic rings. The quantitative estimate of drug-likeness (QED) is 0.354. The molecule has 7 heteroatoms. The van der Waals surface area contributed by atoms with Gasteiger partial charge >= 0.3 is 0 Å². The summed E-state index contributed by atoms with van der Waals surface area (Å²) in [5.74, 6) is 0. The molecule has 0 unspecified atom stereocenters. The Bertz CT molecular complexity index is 1390. The van der Waals surface area contributed by atoms with Gasteiger partial charge in [-0.2, -0.15) is 10.5 Å². The zero-order valence-electron chi connectivity index (χ0n) is 19.9. The van der Waals surface area contributed by atoms with Gasteiger partial charge in [0.05, 0.1) is 17.3 Å². The molecule has 6 nitrogen and oxygen atoms in total. The van der Waals surface area contributed by atoms with Crippen LogP contribution in [0.4, 0.5) is 5.69 Å². The molecular weight excluding hydrogens is 452 g/mol. The summed E-state index contributed by atoms with van der Waals surface area (Å²) >= 11 is 1.46. The van der Waals surface area contributed by atoms with E-state index < -0.39 is 0 Å². The lowest BCUT2D eigenvalue weighted by molar-refractivity contribution is 0.253. The number of hydrogen-bond acceptors (Lipinski definition) is 6. The largest absolute Gasteiger partial charge is 0.369 e. The highest BCUT2D eigenvalue weighted by molar-refractivity contribution is 7.15. The summed E-state index contributed by atoms with van der Waals surface area (Å²) in [6, 6.07) is 18.9. The molecule has 4 aromatic rings. The first-order valence-electron chi connectivity index (χ1n) is 12.1. The third-order valence-corrected chi connectivity index (χ3v) is 7.93. The normalized spacial score (nSPS) is 14.2. The molecule has 35 heavy (non-hydrogen) atoms. The van der Waals surface area contributed by atoms with Crippen LogP contribution in [0, 0.1) is 29.6 Å². The van der Waals surface area contributed by atoms with E-state index in [9.17, 15) is 10.5 Å². The number of nitrogens with zero attached hydrogens (tertiary/aromatic N) is 5. The van der Waals surface area contributed by atoms with E-state index in [0.717, 1.165) is 72.9 Å². The van der Waals surface area contributed by atoms with E-state index in [2.05, 4.69) is 62.4 Å². The van der Waals surface area contributed by atoms with Gasteiger partial charge in [0, 0.05) is 54.5 Å². The summed E-state index contributed by atoms with van der Waals surface area (Å²) in [6.07, 6.45) is 5.45. The molecule has 176 valence electrons. The van der Waals surface area contributed by atoms with Gasteiger partial charge in [0.1, 0.15) is 16.0 Å². The number of aromatic amines is 1. The van der Waals surface area contributed by atoms with Crippen molar-refractivity contribution in [3.05, 3.63) is 70.4 Å². The van der Waals surface area contributed by atoms with Crippen LogP contribution in [-0.2, 0) is 6.42 Å². The fraction of sp³-hybridized carbons (Fsp3) is 0.321. The number of H-pyrrole nitrogens is 1. The molecule has 0 saturated carbocycles. The highest BCUT2D eigenvalue weighted by Gasteiger charge is 2.17. The minimum Gasteiger partial charge on any atom is -0.369 e. The first kappa shape index (κ1) is 23.1. The maximum absolute atomic E-state index is 9.18. The van der Waals surface area contributed by atoms with E-state index in [1.54, 1.807) is 0 Å². The van der Waals surface area contributed by atoms with Gasteiger partial charge in [-0.1, -0.05) is 0 Å². The van der Waals surface area contributed by atoms with Crippen LogP contribution >= 0.6 is 11.3 Å². The SMILES string of the molecule is Cc1nc(-c2ccc(N3CCN(CCCCc4c[nH]c5ccc(C#N)cc45)CC3)cc2)sc1C#N. The molecule has 0 spiro atoms. The van der Waals surface area contributed by atoms with Crippen LogP contribution in [0.15, 0.2) is 48.7 Å². The molecule has 1 saturated heterocycles.